The highest BCUT2D eigenvalue weighted by molar-refractivity contribution is 5.77. The normalized spacial score (nSPS) is 18.6. The van der Waals surface area contributed by atoms with Crippen LogP contribution in [-0.2, 0) is 12.6 Å². The summed E-state index contributed by atoms with van der Waals surface area (Å²) in [4.78, 5) is 22.6. The third kappa shape index (κ3) is 3.65. The number of nitrogens with zero attached hydrogens (tertiary/aromatic N) is 10. The van der Waals surface area contributed by atoms with E-state index >= 15 is 0 Å². The fourth-order valence-corrected chi connectivity index (χ4v) is 4.85. The van der Waals surface area contributed by atoms with Crippen LogP contribution in [0.2, 0.25) is 0 Å². The molecular weight excluding hydrogens is 471 g/mol. The molecule has 0 unspecified atom stereocenters. The van der Waals surface area contributed by atoms with E-state index in [1.165, 1.54) is 12.1 Å². The second kappa shape index (κ2) is 8.09. The summed E-state index contributed by atoms with van der Waals surface area (Å²) in [6.07, 6.45) is 11.0. The molecule has 10 nitrogen and oxygen atoms in total. The first-order valence-corrected chi connectivity index (χ1v) is 12.0. The van der Waals surface area contributed by atoms with Crippen molar-refractivity contribution in [1.29, 1.82) is 0 Å². The van der Waals surface area contributed by atoms with Crippen LogP contribution >= 0.6 is 0 Å². The second-order valence-corrected chi connectivity index (χ2v) is 9.23. The van der Waals surface area contributed by atoms with Crippen LogP contribution in [0.1, 0.15) is 11.1 Å². The number of aromatic nitrogens is 7. The summed E-state index contributed by atoms with van der Waals surface area (Å²) in [6.45, 7) is 3.08. The minimum Gasteiger partial charge on any atom is -0.351 e. The zero-order valence-corrected chi connectivity index (χ0v) is 20.0. The molecule has 1 fully saturated rings. The van der Waals surface area contributed by atoms with Gasteiger partial charge in [-0.3, -0.25) is 4.68 Å². The van der Waals surface area contributed by atoms with Crippen molar-refractivity contribution >= 4 is 17.3 Å². The van der Waals surface area contributed by atoms with Gasteiger partial charge in [-0.05, 0) is 35.2 Å². The van der Waals surface area contributed by atoms with Crippen LogP contribution in [0.15, 0.2) is 67.6 Å². The lowest BCUT2D eigenvalue weighted by atomic mass is 9.91. The Kier molecular flexibility index (Phi) is 4.69. The van der Waals surface area contributed by atoms with Gasteiger partial charge >= 0.3 is 11.6 Å². The Morgan fingerprint density at radius 2 is 1.59 bits per heavy atom. The van der Waals surface area contributed by atoms with E-state index in [0.29, 0.717) is 5.95 Å². The Bertz CT molecular complexity index is 1660. The molecule has 182 valence electrons. The number of rotatable bonds is 5. The van der Waals surface area contributed by atoms with E-state index in [9.17, 15) is 4.39 Å². The molecule has 11 heteroatoms. The fraction of sp³-hybridized carbons (Fsp3) is 0.231. The van der Waals surface area contributed by atoms with E-state index in [2.05, 4.69) is 51.9 Å². The third-order valence-electron chi connectivity index (χ3n) is 6.94. The van der Waals surface area contributed by atoms with Crippen LogP contribution in [0.4, 0.5) is 16.2 Å². The van der Waals surface area contributed by atoms with Crippen molar-refractivity contribution in [3.8, 4) is 17.2 Å². The van der Waals surface area contributed by atoms with E-state index in [0.717, 1.165) is 59.8 Å². The van der Waals surface area contributed by atoms with Gasteiger partial charge in [0.25, 0.3) is 0 Å². The van der Waals surface area contributed by atoms with Gasteiger partial charge in [0.1, 0.15) is 23.2 Å². The van der Waals surface area contributed by atoms with Crippen LogP contribution in [0, 0.1) is 11.9 Å². The SMILES string of the molecule is Cn1cc(-c2cc3c(N4CCN(c5ncc([C@@]6(c7ccc(F)cc7)C#[N+]6)cn5)CC4)ncnn3c2)cn1. The highest BCUT2D eigenvalue weighted by Crippen LogP contribution is 2.41. The molecule has 0 amide bonds. The average Bonchev–Trinajstić information content (AvgIpc) is 3.43. The third-order valence-corrected chi connectivity index (χ3v) is 6.94. The molecule has 7 rings (SSSR count). The van der Waals surface area contributed by atoms with Crippen molar-refractivity contribution in [3.63, 3.8) is 0 Å². The topological polar surface area (TPSA) is 84.6 Å². The monoisotopic (exact) mass is 493 g/mol. The summed E-state index contributed by atoms with van der Waals surface area (Å²) >= 11 is 0. The second-order valence-electron chi connectivity index (χ2n) is 9.23. The van der Waals surface area contributed by atoms with Gasteiger partial charge in [-0.1, -0.05) is 0 Å². The van der Waals surface area contributed by atoms with Gasteiger partial charge in [0, 0.05) is 69.1 Å². The summed E-state index contributed by atoms with van der Waals surface area (Å²) in [5.41, 5.74) is 4.03. The van der Waals surface area contributed by atoms with Crippen molar-refractivity contribution in [1.82, 2.24) is 34.3 Å². The molecule has 2 aliphatic heterocycles. The quantitative estimate of drug-likeness (QED) is 0.372. The smallest absolute Gasteiger partial charge is 0.351 e. The minimum atomic E-state index is -0.699. The van der Waals surface area contributed by atoms with Gasteiger partial charge < -0.3 is 9.80 Å². The van der Waals surface area contributed by atoms with Crippen LogP contribution in [-0.4, -0.2) is 60.5 Å². The molecule has 1 saturated heterocycles. The average molecular weight is 494 g/mol. The predicted octanol–water partition coefficient (Wildman–Crippen LogP) is 2.98. The molecule has 0 saturated carbocycles. The van der Waals surface area contributed by atoms with Gasteiger partial charge in [0.2, 0.25) is 5.95 Å². The van der Waals surface area contributed by atoms with Crippen molar-refractivity contribution in [2.75, 3.05) is 36.0 Å². The molecule has 1 atom stereocenters. The zero-order chi connectivity index (χ0) is 25.0. The van der Waals surface area contributed by atoms with E-state index in [4.69, 9.17) is 0 Å². The Hall–Kier alpha value is -4.85. The van der Waals surface area contributed by atoms with Gasteiger partial charge in [-0.2, -0.15) is 10.2 Å². The lowest BCUT2D eigenvalue weighted by Gasteiger charge is -2.35. The predicted molar refractivity (Wildman–Crippen MR) is 136 cm³/mol. The highest BCUT2D eigenvalue weighted by atomic mass is 19.1. The summed E-state index contributed by atoms with van der Waals surface area (Å²) in [5.74, 6) is 1.30. The van der Waals surface area contributed by atoms with Gasteiger partial charge in [-0.15, -0.1) is 0 Å². The maximum Gasteiger partial charge on any atom is 0.460 e. The van der Waals surface area contributed by atoms with Gasteiger partial charge in [0.15, 0.2) is 5.82 Å². The summed E-state index contributed by atoms with van der Waals surface area (Å²) < 4.78 is 17.0. The summed E-state index contributed by atoms with van der Waals surface area (Å²) in [5, 5.41) is 8.68. The number of hydrogen-bond acceptors (Lipinski definition) is 7. The Labute approximate surface area is 211 Å². The van der Waals surface area contributed by atoms with Crippen molar-refractivity contribution in [2.45, 2.75) is 5.54 Å². The van der Waals surface area contributed by atoms with E-state index in [1.807, 2.05) is 30.2 Å². The molecule has 4 aromatic heterocycles. The Morgan fingerprint density at radius 3 is 2.27 bits per heavy atom. The van der Waals surface area contributed by atoms with Gasteiger partial charge in [0.05, 0.1) is 11.8 Å². The molecule has 1 aromatic carbocycles. The summed E-state index contributed by atoms with van der Waals surface area (Å²) in [7, 11) is 1.91. The number of hydrogen-bond donors (Lipinski definition) is 0. The first-order chi connectivity index (χ1) is 18.1. The largest absolute Gasteiger partial charge is 0.460 e. The molecule has 37 heavy (non-hydrogen) atoms. The van der Waals surface area contributed by atoms with E-state index in [-0.39, 0.29) is 5.82 Å². The highest BCUT2D eigenvalue weighted by Gasteiger charge is 2.60. The van der Waals surface area contributed by atoms with E-state index in [1.54, 1.807) is 35.5 Å². The first kappa shape index (κ1) is 21.4. The van der Waals surface area contributed by atoms with Crippen LogP contribution in [0.3, 0.4) is 0 Å². The maximum absolute atomic E-state index is 13.3. The standard InChI is InChI=1S/C26H22FN10/c1-34-14-19(11-32-34)18-10-23-24(30-17-33-37(23)15-18)35-6-8-36(9-7-35)25-28-12-21(13-29-25)26(16-31-26)20-2-4-22(27)5-3-20/h2-5,10-15,17H,6-9H2,1H3/q+1/t26-/m0/s1. The number of fused-ring (bicyclic) bond motifs is 1. The van der Waals surface area contributed by atoms with E-state index < -0.39 is 5.54 Å². The number of piperazine rings is 1. The lowest BCUT2D eigenvalue weighted by molar-refractivity contribution is 0.626. The molecule has 2 aliphatic rings. The molecule has 0 bridgehead atoms. The molecule has 6 heterocycles. The van der Waals surface area contributed by atoms with Gasteiger partial charge in [-0.25, -0.2) is 23.9 Å². The number of halogens is 1. The minimum absolute atomic E-state index is 0.279. The number of aryl methyl sites for hydroxylation is 1. The van der Waals surface area contributed by atoms with Crippen molar-refractivity contribution in [3.05, 3.63) is 89.4 Å². The molecular formula is C26H22FN10+. The molecule has 0 radical (unpaired) electrons. The Balaban J connectivity index is 1.07. The summed E-state index contributed by atoms with van der Waals surface area (Å²) in [6, 6.07) is 11.4. The van der Waals surface area contributed by atoms with Crippen molar-refractivity contribution in [2.24, 2.45) is 7.05 Å². The molecule has 5 aromatic rings. The first-order valence-electron chi connectivity index (χ1n) is 12.0. The molecule has 0 N–H and O–H groups in total. The van der Waals surface area contributed by atoms with Crippen molar-refractivity contribution < 1.29 is 4.39 Å². The van der Waals surface area contributed by atoms with Crippen LogP contribution < -0.4 is 9.80 Å². The zero-order valence-electron chi connectivity index (χ0n) is 20.0. The number of benzene rings is 1. The fourth-order valence-electron chi connectivity index (χ4n) is 4.85. The maximum atomic E-state index is 13.3. The lowest BCUT2D eigenvalue weighted by Crippen LogP contribution is -2.47. The molecule has 0 aliphatic carbocycles. The van der Waals surface area contributed by atoms with Crippen LogP contribution in [0.5, 0.6) is 0 Å². The molecule has 0 spiro atoms. The number of anilines is 2. The Morgan fingerprint density at radius 1 is 0.865 bits per heavy atom. The van der Waals surface area contributed by atoms with Crippen LogP contribution in [0.25, 0.3) is 21.5 Å².